The Morgan fingerprint density at radius 3 is 2.37 bits per heavy atom. The van der Waals surface area contributed by atoms with Crippen LogP contribution in [0.1, 0.15) is 30.5 Å². The van der Waals surface area contributed by atoms with Gasteiger partial charge in [-0.05, 0) is 50.1 Å². The topological polar surface area (TPSA) is 23.6 Å². The molecule has 0 radical (unpaired) electrons. The molecule has 1 saturated heterocycles. The van der Waals surface area contributed by atoms with Crippen molar-refractivity contribution in [2.75, 3.05) is 13.1 Å². The molecule has 27 heavy (non-hydrogen) atoms. The zero-order valence-corrected chi connectivity index (χ0v) is 17.0. The Bertz CT molecular complexity index is 798. The first-order valence-corrected chi connectivity index (χ1v) is 9.84. The van der Waals surface area contributed by atoms with Crippen molar-refractivity contribution < 1.29 is 4.79 Å². The Hall–Kier alpha value is -2.10. The average molecular weight is 383 g/mol. The lowest BCUT2D eigenvalue weighted by Gasteiger charge is -2.44. The molecule has 0 N–H and O–H groups in total. The molecule has 1 amide bonds. The molecular formula is C23H27ClN2O. The first kappa shape index (κ1) is 19.7. The molecule has 0 spiro atoms. The molecule has 3 rings (SSSR count). The van der Waals surface area contributed by atoms with Gasteiger partial charge in [-0.3, -0.25) is 9.69 Å². The molecule has 0 bridgehead atoms. The zero-order chi connectivity index (χ0) is 19.4. The maximum absolute atomic E-state index is 12.7. The molecule has 1 heterocycles. The quantitative estimate of drug-likeness (QED) is 0.710. The van der Waals surface area contributed by atoms with Crippen LogP contribution in [0.2, 0.25) is 5.02 Å². The van der Waals surface area contributed by atoms with Gasteiger partial charge in [-0.2, -0.15) is 0 Å². The highest BCUT2D eigenvalue weighted by Crippen LogP contribution is 2.20. The van der Waals surface area contributed by atoms with E-state index in [-0.39, 0.29) is 11.9 Å². The van der Waals surface area contributed by atoms with Gasteiger partial charge in [0.05, 0.1) is 0 Å². The molecule has 4 heteroatoms. The van der Waals surface area contributed by atoms with Crippen LogP contribution in [0.5, 0.6) is 0 Å². The largest absolute Gasteiger partial charge is 0.334 e. The van der Waals surface area contributed by atoms with E-state index in [4.69, 9.17) is 11.6 Å². The number of nitrogens with zero attached hydrogens (tertiary/aromatic N) is 2. The van der Waals surface area contributed by atoms with Gasteiger partial charge in [0.25, 0.3) is 0 Å². The Kier molecular flexibility index (Phi) is 6.35. The summed E-state index contributed by atoms with van der Waals surface area (Å²) >= 11 is 5.98. The van der Waals surface area contributed by atoms with Gasteiger partial charge in [0.15, 0.2) is 0 Å². The summed E-state index contributed by atoms with van der Waals surface area (Å²) in [5.74, 6) is 0.0843. The summed E-state index contributed by atoms with van der Waals surface area (Å²) in [6, 6.07) is 16.7. The van der Waals surface area contributed by atoms with Crippen molar-refractivity contribution in [1.29, 1.82) is 0 Å². The number of aryl methyl sites for hydroxylation is 1. The number of amides is 1. The van der Waals surface area contributed by atoms with E-state index in [0.29, 0.717) is 6.04 Å². The third kappa shape index (κ3) is 5.21. The lowest BCUT2D eigenvalue weighted by molar-refractivity contribution is -0.131. The van der Waals surface area contributed by atoms with E-state index in [0.717, 1.165) is 30.2 Å². The van der Waals surface area contributed by atoms with Crippen LogP contribution < -0.4 is 0 Å². The Labute approximate surface area is 167 Å². The molecule has 2 atom stereocenters. The van der Waals surface area contributed by atoms with E-state index in [1.807, 2.05) is 35.2 Å². The number of piperazine rings is 1. The van der Waals surface area contributed by atoms with Crippen LogP contribution in [0.15, 0.2) is 54.6 Å². The fraction of sp³-hybridized carbons (Fsp3) is 0.348. The first-order valence-electron chi connectivity index (χ1n) is 9.46. The van der Waals surface area contributed by atoms with Crippen molar-refractivity contribution in [3.05, 3.63) is 76.3 Å². The van der Waals surface area contributed by atoms with Gasteiger partial charge >= 0.3 is 0 Å². The molecular weight excluding hydrogens is 356 g/mol. The second-order valence-electron chi connectivity index (χ2n) is 7.49. The van der Waals surface area contributed by atoms with E-state index in [1.165, 1.54) is 11.1 Å². The van der Waals surface area contributed by atoms with Gasteiger partial charge in [0.2, 0.25) is 5.91 Å². The number of rotatable bonds is 4. The van der Waals surface area contributed by atoms with Crippen LogP contribution in [0, 0.1) is 6.92 Å². The lowest BCUT2D eigenvalue weighted by atomic mass is 10.1. The summed E-state index contributed by atoms with van der Waals surface area (Å²) < 4.78 is 0. The predicted molar refractivity (Wildman–Crippen MR) is 113 cm³/mol. The van der Waals surface area contributed by atoms with Gasteiger partial charge in [-0.25, -0.2) is 0 Å². The molecule has 0 unspecified atom stereocenters. The van der Waals surface area contributed by atoms with Crippen LogP contribution >= 0.6 is 11.6 Å². The monoisotopic (exact) mass is 382 g/mol. The third-order valence-electron chi connectivity index (χ3n) is 5.19. The molecule has 142 valence electrons. The van der Waals surface area contributed by atoms with E-state index in [9.17, 15) is 4.79 Å². The number of hydrogen-bond donors (Lipinski definition) is 0. The van der Waals surface area contributed by atoms with Crippen molar-refractivity contribution in [1.82, 2.24) is 9.80 Å². The van der Waals surface area contributed by atoms with Gasteiger partial charge in [-0.1, -0.05) is 53.6 Å². The number of carbonyl (C=O) groups is 1. The zero-order valence-electron chi connectivity index (χ0n) is 16.2. The van der Waals surface area contributed by atoms with Crippen LogP contribution in [0.3, 0.4) is 0 Å². The molecule has 0 saturated carbocycles. The Morgan fingerprint density at radius 1 is 1.04 bits per heavy atom. The van der Waals surface area contributed by atoms with Crippen molar-refractivity contribution in [2.45, 2.75) is 39.4 Å². The van der Waals surface area contributed by atoms with Gasteiger partial charge in [0.1, 0.15) is 0 Å². The lowest BCUT2D eigenvalue weighted by Crippen LogP contribution is -2.57. The van der Waals surface area contributed by atoms with Crippen LogP contribution in [-0.4, -0.2) is 40.9 Å². The van der Waals surface area contributed by atoms with Gasteiger partial charge in [0, 0.05) is 42.8 Å². The minimum Gasteiger partial charge on any atom is -0.334 e. The minimum absolute atomic E-state index is 0.0843. The normalized spacial score (nSPS) is 21.0. The summed E-state index contributed by atoms with van der Waals surface area (Å²) in [5.41, 5.74) is 3.52. The van der Waals surface area contributed by atoms with E-state index >= 15 is 0 Å². The fourth-order valence-corrected chi connectivity index (χ4v) is 3.62. The highest BCUT2D eigenvalue weighted by Gasteiger charge is 2.30. The number of benzene rings is 2. The molecule has 3 nitrogen and oxygen atoms in total. The fourth-order valence-electron chi connectivity index (χ4n) is 3.49. The van der Waals surface area contributed by atoms with Crippen LogP contribution in [-0.2, 0) is 11.3 Å². The predicted octanol–water partition coefficient (Wildman–Crippen LogP) is 4.78. The Morgan fingerprint density at radius 2 is 1.70 bits per heavy atom. The molecule has 0 aliphatic carbocycles. The highest BCUT2D eigenvalue weighted by atomic mass is 35.5. The van der Waals surface area contributed by atoms with Gasteiger partial charge in [-0.15, -0.1) is 0 Å². The number of halogens is 1. The van der Waals surface area contributed by atoms with Crippen molar-refractivity contribution in [3.8, 4) is 0 Å². The van der Waals surface area contributed by atoms with Crippen LogP contribution in [0.4, 0.5) is 0 Å². The average Bonchev–Trinajstić information content (AvgIpc) is 2.65. The number of hydrogen-bond acceptors (Lipinski definition) is 2. The summed E-state index contributed by atoms with van der Waals surface area (Å²) in [7, 11) is 0. The third-order valence-corrected chi connectivity index (χ3v) is 5.44. The van der Waals surface area contributed by atoms with Crippen LogP contribution in [0.25, 0.3) is 6.08 Å². The van der Waals surface area contributed by atoms with E-state index < -0.39 is 0 Å². The maximum Gasteiger partial charge on any atom is 0.246 e. The first-order chi connectivity index (χ1) is 12.9. The van der Waals surface area contributed by atoms with Crippen molar-refractivity contribution in [2.24, 2.45) is 0 Å². The molecule has 0 aromatic heterocycles. The SMILES string of the molecule is Cc1ccc(/C=C/C(=O)N2C[C@@H](C)N(Cc3ccc(Cl)cc3)C[C@@H]2C)cc1. The highest BCUT2D eigenvalue weighted by molar-refractivity contribution is 6.30. The van der Waals surface area contributed by atoms with Crippen molar-refractivity contribution >= 4 is 23.6 Å². The molecule has 2 aromatic carbocycles. The van der Waals surface area contributed by atoms with Crippen molar-refractivity contribution in [3.63, 3.8) is 0 Å². The molecule has 1 aliphatic heterocycles. The van der Waals surface area contributed by atoms with E-state index in [1.54, 1.807) is 6.08 Å². The summed E-state index contributed by atoms with van der Waals surface area (Å²) in [4.78, 5) is 17.1. The van der Waals surface area contributed by atoms with Gasteiger partial charge < -0.3 is 4.90 Å². The second-order valence-corrected chi connectivity index (χ2v) is 7.93. The molecule has 2 aromatic rings. The maximum atomic E-state index is 12.7. The summed E-state index contributed by atoms with van der Waals surface area (Å²) in [6.07, 6.45) is 3.60. The second kappa shape index (κ2) is 8.73. The van der Waals surface area contributed by atoms with E-state index in [2.05, 4.69) is 49.9 Å². The summed E-state index contributed by atoms with van der Waals surface area (Å²) in [5, 5.41) is 0.760. The molecule has 1 aliphatic rings. The minimum atomic E-state index is 0.0843. The smallest absolute Gasteiger partial charge is 0.246 e. The summed E-state index contributed by atoms with van der Waals surface area (Å²) in [6.45, 7) is 8.86. The molecule has 1 fully saturated rings. The number of carbonyl (C=O) groups excluding carboxylic acids is 1. The standard InChI is InChI=1S/C23H27ClN2O/c1-17-4-6-20(7-5-17)10-13-23(27)26-15-18(2)25(14-19(26)3)16-21-8-11-22(24)12-9-21/h4-13,18-19H,14-16H2,1-3H3/b13-10+/t18-,19+/m1/s1. The Balaban J connectivity index is 1.61.